The maximum atomic E-state index is 12.9. The molecule has 2 unspecified atom stereocenters. The van der Waals surface area contributed by atoms with Crippen LogP contribution in [0.3, 0.4) is 0 Å². The second-order valence-electron chi connectivity index (χ2n) is 6.05. The minimum Gasteiger partial charge on any atom is -0.394 e. The zero-order chi connectivity index (χ0) is 21.9. The van der Waals surface area contributed by atoms with E-state index in [0.717, 1.165) is 16.8 Å². The number of non-ortho nitro benzene ring substituents is 1. The summed E-state index contributed by atoms with van der Waals surface area (Å²) in [5.41, 5.74) is -1.10. The van der Waals surface area contributed by atoms with Crippen LogP contribution in [0.25, 0.3) is 0 Å². The second kappa shape index (κ2) is 8.88. The molecule has 1 aromatic heterocycles. The van der Waals surface area contributed by atoms with E-state index in [1.165, 1.54) is 19.1 Å². The maximum absolute atomic E-state index is 12.9. The van der Waals surface area contributed by atoms with Crippen molar-refractivity contribution in [3.8, 4) is 0 Å². The van der Waals surface area contributed by atoms with E-state index in [1.807, 2.05) is 0 Å². The van der Waals surface area contributed by atoms with Gasteiger partial charge in [0, 0.05) is 12.1 Å². The van der Waals surface area contributed by atoms with Gasteiger partial charge in [0.05, 0.1) is 27.7 Å². The van der Waals surface area contributed by atoms with Crippen LogP contribution in [0.15, 0.2) is 28.7 Å². The lowest BCUT2D eigenvalue weighted by molar-refractivity contribution is -0.384. The number of rotatable bonds is 7. The normalized spacial score (nSPS) is 13.8. The van der Waals surface area contributed by atoms with Crippen LogP contribution in [-0.4, -0.2) is 43.5 Å². The molecule has 0 fully saturated rings. The van der Waals surface area contributed by atoms with Crippen LogP contribution < -0.4 is 5.32 Å². The molecule has 2 aromatic rings. The van der Waals surface area contributed by atoms with Crippen molar-refractivity contribution in [2.45, 2.75) is 31.8 Å². The van der Waals surface area contributed by atoms with Crippen LogP contribution in [0.1, 0.15) is 23.1 Å². The molecule has 13 heteroatoms. The first-order chi connectivity index (χ1) is 13.5. The Morgan fingerprint density at radius 1 is 1.38 bits per heavy atom. The SMILES string of the molecule is Cc1c(Br)c(C(F)(F)F)nn1CC(=O)NC(CO)C(O)c1ccc([N+](=O)[O-])cc1. The highest BCUT2D eigenvalue weighted by Gasteiger charge is 2.38. The van der Waals surface area contributed by atoms with Gasteiger partial charge in [0.15, 0.2) is 5.69 Å². The fourth-order valence-corrected chi connectivity index (χ4v) is 3.01. The molecule has 0 radical (unpaired) electrons. The fourth-order valence-electron chi connectivity index (χ4n) is 2.50. The van der Waals surface area contributed by atoms with Gasteiger partial charge in [-0.05, 0) is 40.5 Å². The third kappa shape index (κ3) is 5.31. The van der Waals surface area contributed by atoms with Gasteiger partial charge in [-0.1, -0.05) is 0 Å². The summed E-state index contributed by atoms with van der Waals surface area (Å²) in [4.78, 5) is 22.2. The minimum atomic E-state index is -4.70. The Balaban J connectivity index is 2.11. The lowest BCUT2D eigenvalue weighted by Crippen LogP contribution is -2.43. The van der Waals surface area contributed by atoms with Gasteiger partial charge in [0.2, 0.25) is 5.91 Å². The Morgan fingerprint density at radius 3 is 2.41 bits per heavy atom. The molecule has 158 valence electrons. The highest BCUT2D eigenvalue weighted by atomic mass is 79.9. The van der Waals surface area contributed by atoms with Gasteiger partial charge >= 0.3 is 6.18 Å². The van der Waals surface area contributed by atoms with Crippen molar-refractivity contribution in [3.05, 3.63) is 55.8 Å². The standard InChI is InChI=1S/C16H16BrF3N4O5/c1-8-13(17)15(16(18,19)20)22-23(8)6-12(26)21-11(7-25)14(27)9-2-4-10(5-3-9)24(28)29/h2-5,11,14,25,27H,6-7H2,1H3,(H,21,26). The first-order valence-corrected chi connectivity index (χ1v) is 8.87. The van der Waals surface area contributed by atoms with E-state index in [-0.39, 0.29) is 21.4 Å². The quantitative estimate of drug-likeness (QED) is 0.410. The molecule has 1 amide bonds. The van der Waals surface area contributed by atoms with E-state index < -0.39 is 48.0 Å². The summed E-state index contributed by atoms with van der Waals surface area (Å²) in [6.07, 6.45) is -6.11. The van der Waals surface area contributed by atoms with Crippen molar-refractivity contribution in [1.29, 1.82) is 0 Å². The van der Waals surface area contributed by atoms with Crippen molar-refractivity contribution < 1.29 is 33.1 Å². The molecule has 0 bridgehead atoms. The molecule has 0 aliphatic carbocycles. The number of hydrogen-bond donors (Lipinski definition) is 3. The van der Waals surface area contributed by atoms with Crippen LogP contribution in [0, 0.1) is 17.0 Å². The molecule has 0 aliphatic heterocycles. The number of amides is 1. The lowest BCUT2D eigenvalue weighted by Gasteiger charge is -2.22. The highest BCUT2D eigenvalue weighted by Crippen LogP contribution is 2.35. The number of halogens is 4. The molecule has 9 nitrogen and oxygen atoms in total. The summed E-state index contributed by atoms with van der Waals surface area (Å²) in [6.45, 7) is 0.0817. The maximum Gasteiger partial charge on any atom is 0.436 e. The molecule has 0 spiro atoms. The van der Waals surface area contributed by atoms with Crippen LogP contribution >= 0.6 is 15.9 Å². The Hall–Kier alpha value is -2.51. The van der Waals surface area contributed by atoms with Gasteiger partial charge in [-0.25, -0.2) is 0 Å². The van der Waals surface area contributed by atoms with Crippen molar-refractivity contribution in [3.63, 3.8) is 0 Å². The van der Waals surface area contributed by atoms with Crippen molar-refractivity contribution in [2.75, 3.05) is 6.61 Å². The van der Waals surface area contributed by atoms with Gasteiger partial charge in [0.25, 0.3) is 5.69 Å². The Kier molecular flexibility index (Phi) is 6.97. The van der Waals surface area contributed by atoms with Gasteiger partial charge < -0.3 is 15.5 Å². The van der Waals surface area contributed by atoms with Gasteiger partial charge in [-0.15, -0.1) is 0 Å². The number of aromatic nitrogens is 2. The lowest BCUT2D eigenvalue weighted by atomic mass is 10.0. The average Bonchev–Trinajstić information content (AvgIpc) is 2.94. The van der Waals surface area contributed by atoms with Crippen molar-refractivity contribution in [2.24, 2.45) is 0 Å². The van der Waals surface area contributed by atoms with Crippen LogP contribution in [0.5, 0.6) is 0 Å². The summed E-state index contributed by atoms with van der Waals surface area (Å²) in [5.74, 6) is -0.795. The molecule has 0 saturated heterocycles. The topological polar surface area (TPSA) is 131 Å². The molecular formula is C16H16BrF3N4O5. The highest BCUT2D eigenvalue weighted by molar-refractivity contribution is 9.10. The summed E-state index contributed by atoms with van der Waals surface area (Å²) < 4.78 is 39.3. The van der Waals surface area contributed by atoms with E-state index in [9.17, 15) is 38.3 Å². The monoisotopic (exact) mass is 480 g/mol. The van der Waals surface area contributed by atoms with E-state index in [2.05, 4.69) is 26.3 Å². The van der Waals surface area contributed by atoms with Crippen LogP contribution in [0.2, 0.25) is 0 Å². The predicted molar refractivity (Wildman–Crippen MR) is 96.7 cm³/mol. The van der Waals surface area contributed by atoms with Gasteiger partial charge in [-0.2, -0.15) is 18.3 Å². The largest absolute Gasteiger partial charge is 0.436 e. The first kappa shape index (κ1) is 22.8. The molecular weight excluding hydrogens is 465 g/mol. The van der Waals surface area contributed by atoms with Crippen molar-refractivity contribution >= 4 is 27.5 Å². The molecule has 1 aromatic carbocycles. The van der Waals surface area contributed by atoms with Crippen LogP contribution in [-0.2, 0) is 17.5 Å². The molecule has 0 saturated carbocycles. The summed E-state index contributed by atoms with van der Waals surface area (Å²) in [5, 5.41) is 36.1. The molecule has 2 rings (SSSR count). The zero-order valence-corrected chi connectivity index (χ0v) is 16.4. The molecule has 0 aliphatic rings. The molecule has 3 N–H and O–H groups in total. The van der Waals surface area contributed by atoms with Gasteiger partial charge in [-0.3, -0.25) is 19.6 Å². The molecule has 2 atom stereocenters. The molecule has 29 heavy (non-hydrogen) atoms. The predicted octanol–water partition coefficient (Wildman–Crippen LogP) is 2.09. The number of nitrogens with one attached hydrogen (secondary N) is 1. The van der Waals surface area contributed by atoms with E-state index >= 15 is 0 Å². The number of aliphatic hydroxyl groups excluding tert-OH is 2. The number of carbonyl (C=O) groups excluding carboxylic acids is 1. The number of benzene rings is 1. The number of alkyl halides is 3. The van der Waals surface area contributed by atoms with E-state index in [0.29, 0.717) is 0 Å². The first-order valence-electron chi connectivity index (χ1n) is 8.08. The van der Waals surface area contributed by atoms with E-state index in [4.69, 9.17) is 0 Å². The third-order valence-electron chi connectivity index (χ3n) is 4.06. The number of hydrogen-bond acceptors (Lipinski definition) is 6. The third-order valence-corrected chi connectivity index (χ3v) is 5.01. The summed E-state index contributed by atoms with van der Waals surface area (Å²) in [6, 6.07) is 3.64. The Morgan fingerprint density at radius 2 is 1.97 bits per heavy atom. The summed E-state index contributed by atoms with van der Waals surface area (Å²) in [7, 11) is 0. The second-order valence-corrected chi connectivity index (χ2v) is 6.85. The molecule has 1 heterocycles. The number of nitro groups is 1. The number of aliphatic hydroxyl groups is 2. The van der Waals surface area contributed by atoms with Crippen molar-refractivity contribution in [1.82, 2.24) is 15.1 Å². The number of carbonyl (C=O) groups is 1. The zero-order valence-electron chi connectivity index (χ0n) is 14.9. The smallest absolute Gasteiger partial charge is 0.394 e. The number of nitro benzene ring substituents is 1. The number of nitrogens with zero attached hydrogens (tertiary/aromatic N) is 3. The minimum absolute atomic E-state index is 0.0731. The Bertz CT molecular complexity index is 901. The summed E-state index contributed by atoms with van der Waals surface area (Å²) >= 11 is 2.80. The Labute approximate surface area is 170 Å². The van der Waals surface area contributed by atoms with Crippen LogP contribution in [0.4, 0.5) is 18.9 Å². The fraction of sp³-hybridized carbons (Fsp3) is 0.375. The van der Waals surface area contributed by atoms with E-state index in [1.54, 1.807) is 0 Å². The average molecular weight is 481 g/mol. The van der Waals surface area contributed by atoms with Gasteiger partial charge in [0.1, 0.15) is 12.6 Å².